The van der Waals surface area contributed by atoms with Crippen LogP contribution in [0.5, 0.6) is 5.75 Å². The molecule has 0 bridgehead atoms. The molecule has 3 rings (SSSR count). The minimum Gasteiger partial charge on any atom is -0.490 e. The Morgan fingerprint density at radius 1 is 1.19 bits per heavy atom. The first kappa shape index (κ1) is 18.6. The Hall–Kier alpha value is -2.17. The van der Waals surface area contributed by atoms with Crippen molar-refractivity contribution in [2.24, 2.45) is 4.99 Å². The van der Waals surface area contributed by atoms with E-state index < -0.39 is 5.82 Å². The highest BCUT2D eigenvalue weighted by atomic mass is 19.1. The van der Waals surface area contributed by atoms with Crippen LogP contribution >= 0.6 is 0 Å². The molecule has 0 saturated heterocycles. The van der Waals surface area contributed by atoms with Crippen molar-refractivity contribution in [2.45, 2.75) is 64.4 Å². The van der Waals surface area contributed by atoms with E-state index in [0.29, 0.717) is 23.6 Å². The van der Waals surface area contributed by atoms with Crippen LogP contribution < -0.4 is 4.74 Å². The Labute approximate surface area is 154 Å². The maximum absolute atomic E-state index is 14.5. The average Bonchev–Trinajstić information content (AvgIpc) is 3.16. The summed E-state index contributed by atoms with van der Waals surface area (Å²) < 4.78 is 26.0. The van der Waals surface area contributed by atoms with Crippen LogP contribution in [0.1, 0.15) is 56.9 Å². The molecule has 2 aliphatic rings. The van der Waals surface area contributed by atoms with Crippen molar-refractivity contribution >= 4 is 17.9 Å². The molecule has 1 aromatic rings. The topological polar surface area (TPSA) is 47.9 Å². The summed E-state index contributed by atoms with van der Waals surface area (Å²) >= 11 is 0. The van der Waals surface area contributed by atoms with Crippen LogP contribution in [0.25, 0.3) is 0 Å². The highest BCUT2D eigenvalue weighted by Crippen LogP contribution is 2.33. The number of aliphatic imine (C=N–C) groups is 1. The number of aldehydes is 1. The molecule has 0 spiro atoms. The number of hydrogen-bond donors (Lipinski definition) is 0. The zero-order valence-electron chi connectivity index (χ0n) is 15.5. The smallest absolute Gasteiger partial charge is 0.217 e. The molecule has 0 aromatic heterocycles. The van der Waals surface area contributed by atoms with Gasteiger partial charge in [-0.3, -0.25) is 4.79 Å². The van der Waals surface area contributed by atoms with Gasteiger partial charge in [-0.2, -0.15) is 0 Å². The number of nitrogens with zero attached hydrogens (tertiary/aromatic N) is 1. The summed E-state index contributed by atoms with van der Waals surface area (Å²) in [6, 6.07) is 3.10. The Balaban J connectivity index is 1.94. The lowest BCUT2D eigenvalue weighted by Gasteiger charge is -2.18. The number of methoxy groups -OCH3 is 1. The molecule has 0 heterocycles. The summed E-state index contributed by atoms with van der Waals surface area (Å²) in [6.45, 7) is 1.84. The molecule has 1 fully saturated rings. The third-order valence-corrected chi connectivity index (χ3v) is 5.17. The van der Waals surface area contributed by atoms with E-state index in [9.17, 15) is 9.18 Å². The van der Waals surface area contributed by atoms with Crippen molar-refractivity contribution in [1.29, 1.82) is 0 Å². The second-order valence-electron chi connectivity index (χ2n) is 7.04. The van der Waals surface area contributed by atoms with Gasteiger partial charge in [-0.1, -0.05) is 0 Å². The molecule has 0 radical (unpaired) electrons. The number of aryl methyl sites for hydroxylation is 1. The molecular formula is C21H26FNO3. The molecule has 0 amide bonds. The van der Waals surface area contributed by atoms with E-state index in [2.05, 4.69) is 4.99 Å². The molecular weight excluding hydrogens is 333 g/mol. The van der Waals surface area contributed by atoms with Gasteiger partial charge in [0.25, 0.3) is 0 Å². The van der Waals surface area contributed by atoms with Gasteiger partial charge < -0.3 is 9.47 Å². The maximum Gasteiger partial charge on any atom is 0.217 e. The van der Waals surface area contributed by atoms with Crippen molar-refractivity contribution in [3.05, 3.63) is 34.7 Å². The fourth-order valence-corrected chi connectivity index (χ4v) is 3.69. The zero-order valence-corrected chi connectivity index (χ0v) is 15.5. The third kappa shape index (κ3) is 4.14. The van der Waals surface area contributed by atoms with E-state index in [1.807, 2.05) is 6.92 Å². The van der Waals surface area contributed by atoms with Gasteiger partial charge in [0.2, 0.25) is 5.90 Å². The SMILES string of the molecule is COC(=Nc1cc(OC2CCCC2)c(C)cc1F)C1=C(C=O)CCCC1. The zero-order chi connectivity index (χ0) is 18.5. The number of hydrogen-bond acceptors (Lipinski definition) is 4. The van der Waals surface area contributed by atoms with Crippen molar-refractivity contribution < 1.29 is 18.7 Å². The van der Waals surface area contributed by atoms with Crippen LogP contribution in [0.2, 0.25) is 0 Å². The Bertz CT molecular complexity index is 733. The predicted molar refractivity (Wildman–Crippen MR) is 99.7 cm³/mol. The van der Waals surface area contributed by atoms with Crippen LogP contribution in [-0.2, 0) is 9.53 Å². The van der Waals surface area contributed by atoms with E-state index in [4.69, 9.17) is 9.47 Å². The van der Waals surface area contributed by atoms with Crippen molar-refractivity contribution in [1.82, 2.24) is 0 Å². The van der Waals surface area contributed by atoms with Gasteiger partial charge in [-0.05, 0) is 69.9 Å². The van der Waals surface area contributed by atoms with E-state index >= 15 is 0 Å². The fraction of sp³-hybridized carbons (Fsp3) is 0.524. The molecule has 4 nitrogen and oxygen atoms in total. The first-order valence-corrected chi connectivity index (χ1v) is 9.39. The van der Waals surface area contributed by atoms with Crippen LogP contribution in [-0.4, -0.2) is 25.4 Å². The summed E-state index contributed by atoms with van der Waals surface area (Å²) in [6.07, 6.45) is 8.87. The lowest BCUT2D eigenvalue weighted by Crippen LogP contribution is -2.13. The Morgan fingerprint density at radius 3 is 2.62 bits per heavy atom. The number of carbonyl (C=O) groups excluding carboxylic acids is 1. The summed E-state index contributed by atoms with van der Waals surface area (Å²) in [5.74, 6) is 0.571. The second kappa shape index (κ2) is 8.47. The fourth-order valence-electron chi connectivity index (χ4n) is 3.69. The maximum atomic E-state index is 14.5. The van der Waals surface area contributed by atoms with Gasteiger partial charge in [-0.25, -0.2) is 9.38 Å². The van der Waals surface area contributed by atoms with Crippen LogP contribution in [0.4, 0.5) is 10.1 Å². The normalized spacial score (nSPS) is 19.0. The lowest BCUT2D eigenvalue weighted by atomic mass is 9.92. The van der Waals surface area contributed by atoms with Gasteiger partial charge in [0.1, 0.15) is 23.5 Å². The van der Waals surface area contributed by atoms with Crippen molar-refractivity contribution in [3.8, 4) is 5.75 Å². The third-order valence-electron chi connectivity index (χ3n) is 5.17. The number of halogens is 1. The molecule has 2 aliphatic carbocycles. The lowest BCUT2D eigenvalue weighted by molar-refractivity contribution is -0.105. The molecule has 1 saturated carbocycles. The molecule has 0 atom stereocenters. The number of rotatable bonds is 5. The minimum atomic E-state index is -0.417. The number of carbonyl (C=O) groups is 1. The highest BCUT2D eigenvalue weighted by Gasteiger charge is 2.21. The highest BCUT2D eigenvalue weighted by molar-refractivity contribution is 6.00. The Kier molecular flexibility index (Phi) is 6.07. The number of benzene rings is 1. The van der Waals surface area contributed by atoms with Crippen molar-refractivity contribution in [3.63, 3.8) is 0 Å². The Morgan fingerprint density at radius 2 is 1.92 bits per heavy atom. The molecule has 140 valence electrons. The first-order chi connectivity index (χ1) is 12.6. The monoisotopic (exact) mass is 359 g/mol. The van der Waals surface area contributed by atoms with Crippen LogP contribution in [0.15, 0.2) is 28.3 Å². The molecule has 0 unspecified atom stereocenters. The summed E-state index contributed by atoms with van der Waals surface area (Å²) in [4.78, 5) is 15.7. The van der Waals surface area contributed by atoms with Crippen LogP contribution in [0, 0.1) is 12.7 Å². The largest absolute Gasteiger partial charge is 0.490 e. The summed E-state index contributed by atoms with van der Waals surface area (Å²) in [7, 11) is 1.50. The van der Waals surface area contributed by atoms with E-state index in [1.165, 1.54) is 26.0 Å². The van der Waals surface area contributed by atoms with E-state index in [-0.39, 0.29) is 11.8 Å². The summed E-state index contributed by atoms with van der Waals surface area (Å²) in [5, 5.41) is 0. The molecule has 1 aromatic carbocycles. The minimum absolute atomic E-state index is 0.184. The van der Waals surface area contributed by atoms with Gasteiger partial charge in [0.05, 0.1) is 13.2 Å². The quantitative estimate of drug-likeness (QED) is 0.412. The van der Waals surface area contributed by atoms with E-state index in [1.54, 1.807) is 6.07 Å². The number of allylic oxidation sites excluding steroid dienone is 1. The second-order valence-corrected chi connectivity index (χ2v) is 7.04. The van der Waals surface area contributed by atoms with Crippen LogP contribution in [0.3, 0.4) is 0 Å². The van der Waals surface area contributed by atoms with Gasteiger partial charge in [0.15, 0.2) is 0 Å². The molecule has 5 heteroatoms. The standard InChI is InChI=1S/C21H26FNO3/c1-14-11-18(22)19(12-20(14)26-16-8-4-5-9-16)23-21(25-2)17-10-6-3-7-15(17)13-24/h11-13,16H,3-10H2,1-2H3. The number of ether oxygens (including phenoxy) is 2. The van der Waals surface area contributed by atoms with E-state index in [0.717, 1.165) is 49.5 Å². The van der Waals surface area contributed by atoms with Gasteiger partial charge in [-0.15, -0.1) is 0 Å². The van der Waals surface area contributed by atoms with Crippen molar-refractivity contribution in [2.75, 3.05) is 7.11 Å². The predicted octanol–water partition coefficient (Wildman–Crippen LogP) is 5.20. The molecule has 26 heavy (non-hydrogen) atoms. The van der Waals surface area contributed by atoms with Gasteiger partial charge in [0, 0.05) is 17.2 Å². The molecule has 0 N–H and O–H groups in total. The van der Waals surface area contributed by atoms with Gasteiger partial charge >= 0.3 is 0 Å². The molecule has 0 aliphatic heterocycles. The summed E-state index contributed by atoms with van der Waals surface area (Å²) in [5.41, 5.74) is 2.43. The average molecular weight is 359 g/mol. The first-order valence-electron chi connectivity index (χ1n) is 9.39.